The van der Waals surface area contributed by atoms with Gasteiger partial charge < -0.3 is 0 Å². The number of carbonyl (C=O) groups excluding carboxylic acids is 1. The van der Waals surface area contributed by atoms with Crippen molar-refractivity contribution in [2.75, 3.05) is 0 Å². The number of hydrogen-bond acceptors (Lipinski definition) is 6. The summed E-state index contributed by atoms with van der Waals surface area (Å²) in [6.45, 7) is 0. The number of carbonyl (C=O) groups is 1. The Balaban J connectivity index is 0.000000232. The SMILES string of the molecule is NNS(=O)(=O)O.O=C1NS(=O)(=O)c2ccccc21. The molecule has 0 aromatic heterocycles. The van der Waals surface area contributed by atoms with E-state index < -0.39 is 26.2 Å². The predicted octanol–water partition coefficient (Wildman–Crippen LogP) is -1.63. The van der Waals surface area contributed by atoms with Crippen molar-refractivity contribution in [3.63, 3.8) is 0 Å². The highest BCUT2D eigenvalue weighted by Crippen LogP contribution is 2.20. The third kappa shape index (κ3) is 3.48. The van der Waals surface area contributed by atoms with Gasteiger partial charge in [-0.2, -0.15) is 8.42 Å². The summed E-state index contributed by atoms with van der Waals surface area (Å²) in [6.07, 6.45) is 0. The number of nitrogens with two attached hydrogens (primary N) is 1. The molecule has 5 N–H and O–H groups in total. The number of nitrogens with one attached hydrogen (secondary N) is 2. The molecule has 1 aliphatic rings. The van der Waals surface area contributed by atoms with E-state index >= 15 is 0 Å². The molecule has 11 heteroatoms. The second-order valence-electron chi connectivity index (χ2n) is 3.02. The fraction of sp³-hybridized carbons (Fsp3) is 0. The van der Waals surface area contributed by atoms with E-state index in [2.05, 4.69) is 5.84 Å². The van der Waals surface area contributed by atoms with Gasteiger partial charge in [0.1, 0.15) is 4.90 Å². The average molecular weight is 295 g/mol. The molecule has 1 aromatic rings. The highest BCUT2D eigenvalue weighted by molar-refractivity contribution is 7.90. The molecule has 0 spiro atoms. The zero-order valence-electron chi connectivity index (χ0n) is 8.69. The molecule has 0 atom stereocenters. The second-order valence-corrected chi connectivity index (χ2v) is 5.86. The fourth-order valence-corrected chi connectivity index (χ4v) is 2.29. The molecular weight excluding hydrogens is 286 g/mol. The minimum Gasteiger partial charge on any atom is -0.273 e. The summed E-state index contributed by atoms with van der Waals surface area (Å²) in [5.74, 6) is 3.67. The Morgan fingerprint density at radius 3 is 2.22 bits per heavy atom. The van der Waals surface area contributed by atoms with Crippen LogP contribution >= 0.6 is 0 Å². The maximum atomic E-state index is 11.1. The third-order valence-corrected chi connectivity index (χ3v) is 3.48. The van der Waals surface area contributed by atoms with E-state index in [0.29, 0.717) is 0 Å². The summed E-state index contributed by atoms with van der Waals surface area (Å²) < 4.78 is 50.4. The molecule has 0 saturated heterocycles. The minimum atomic E-state index is -4.13. The molecule has 18 heavy (non-hydrogen) atoms. The van der Waals surface area contributed by atoms with Crippen LogP contribution in [0.2, 0.25) is 0 Å². The third-order valence-electron chi connectivity index (χ3n) is 1.80. The van der Waals surface area contributed by atoms with Crippen LogP contribution in [0.3, 0.4) is 0 Å². The maximum absolute atomic E-state index is 11.1. The molecule has 0 bridgehead atoms. The Kier molecular flexibility index (Phi) is 4.03. The molecular formula is C7H9N3O6S2. The lowest BCUT2D eigenvalue weighted by Gasteiger charge is -1.91. The van der Waals surface area contributed by atoms with Crippen molar-refractivity contribution in [2.24, 2.45) is 5.84 Å². The number of hydrogen-bond donors (Lipinski definition) is 4. The smallest absolute Gasteiger partial charge is 0.273 e. The van der Waals surface area contributed by atoms with E-state index in [1.807, 2.05) is 4.72 Å². The zero-order valence-corrected chi connectivity index (χ0v) is 10.3. The molecule has 0 fully saturated rings. The summed E-state index contributed by atoms with van der Waals surface area (Å²) in [6, 6.07) is 6.09. The molecule has 0 unspecified atom stereocenters. The summed E-state index contributed by atoms with van der Waals surface area (Å²) >= 11 is 0. The molecule has 2 rings (SSSR count). The summed E-state index contributed by atoms with van der Waals surface area (Å²) in [5.41, 5.74) is 0.220. The van der Waals surface area contributed by atoms with Gasteiger partial charge in [-0.15, -0.1) is 4.83 Å². The van der Waals surface area contributed by atoms with Crippen LogP contribution in [-0.4, -0.2) is 27.3 Å². The van der Waals surface area contributed by atoms with Gasteiger partial charge in [-0.3, -0.25) is 15.2 Å². The lowest BCUT2D eigenvalue weighted by molar-refractivity contribution is 0.0985. The molecule has 0 radical (unpaired) electrons. The van der Waals surface area contributed by atoms with Crippen molar-refractivity contribution in [1.82, 2.24) is 9.55 Å². The predicted molar refractivity (Wildman–Crippen MR) is 60.0 cm³/mol. The Hall–Kier alpha value is -1.53. The van der Waals surface area contributed by atoms with E-state index in [-0.39, 0.29) is 10.5 Å². The molecule has 1 amide bonds. The number of amides is 1. The van der Waals surface area contributed by atoms with Gasteiger partial charge >= 0.3 is 10.3 Å². The molecule has 0 aliphatic carbocycles. The van der Waals surface area contributed by atoms with Crippen molar-refractivity contribution in [3.8, 4) is 0 Å². The topological polar surface area (TPSA) is 156 Å². The lowest BCUT2D eigenvalue weighted by atomic mass is 10.2. The van der Waals surface area contributed by atoms with E-state index in [1.54, 1.807) is 12.1 Å². The van der Waals surface area contributed by atoms with Crippen LogP contribution in [0.25, 0.3) is 0 Å². The van der Waals surface area contributed by atoms with Crippen LogP contribution in [0.15, 0.2) is 29.2 Å². The quantitative estimate of drug-likeness (QED) is 0.275. The number of hydrazine groups is 1. The molecule has 1 aromatic carbocycles. The van der Waals surface area contributed by atoms with Gasteiger partial charge in [-0.1, -0.05) is 12.1 Å². The molecule has 1 aliphatic heterocycles. The first kappa shape index (κ1) is 14.5. The second kappa shape index (κ2) is 4.99. The van der Waals surface area contributed by atoms with Gasteiger partial charge in [-0.05, 0) is 12.1 Å². The summed E-state index contributed by atoms with van der Waals surface area (Å²) in [7, 11) is -7.69. The van der Waals surface area contributed by atoms with E-state index in [4.69, 9.17) is 4.55 Å². The zero-order chi connectivity index (χ0) is 14.0. The normalized spacial score (nSPS) is 16.2. The van der Waals surface area contributed by atoms with Gasteiger partial charge in [-0.25, -0.2) is 13.1 Å². The number of sulfonamides is 1. The van der Waals surface area contributed by atoms with Crippen LogP contribution in [0, 0.1) is 0 Å². The Bertz CT molecular complexity index is 666. The van der Waals surface area contributed by atoms with E-state index in [9.17, 15) is 21.6 Å². The molecule has 1 heterocycles. The maximum Gasteiger partial charge on any atom is 0.346 e. The van der Waals surface area contributed by atoms with Crippen molar-refractivity contribution < 1.29 is 26.2 Å². The van der Waals surface area contributed by atoms with Crippen molar-refractivity contribution in [2.45, 2.75) is 4.90 Å². The van der Waals surface area contributed by atoms with Gasteiger partial charge in [0.25, 0.3) is 15.9 Å². The van der Waals surface area contributed by atoms with Crippen molar-refractivity contribution >= 4 is 26.2 Å². The largest absolute Gasteiger partial charge is 0.346 e. The van der Waals surface area contributed by atoms with Crippen LogP contribution in [0.5, 0.6) is 0 Å². The van der Waals surface area contributed by atoms with Gasteiger partial charge in [0.2, 0.25) is 0 Å². The van der Waals surface area contributed by atoms with Crippen LogP contribution in [0.1, 0.15) is 10.4 Å². The fourth-order valence-electron chi connectivity index (χ4n) is 1.12. The van der Waals surface area contributed by atoms with Crippen LogP contribution < -0.4 is 15.4 Å². The number of rotatable bonds is 1. The standard InChI is InChI=1S/C7H5NO3S.H4N2O3S/c9-7-5-3-1-2-4-6(5)12(10,11)8-7;1-2-6(3,4)5/h1-4H,(H,8,9);2H,1H2,(H,3,4,5). The van der Waals surface area contributed by atoms with Gasteiger partial charge in [0.15, 0.2) is 0 Å². The molecule has 0 saturated carbocycles. The van der Waals surface area contributed by atoms with Crippen molar-refractivity contribution in [3.05, 3.63) is 29.8 Å². The number of benzene rings is 1. The van der Waals surface area contributed by atoms with Crippen molar-refractivity contribution in [1.29, 1.82) is 0 Å². The van der Waals surface area contributed by atoms with Crippen LogP contribution in [0.4, 0.5) is 0 Å². The Labute approximate surface area is 103 Å². The van der Waals surface area contributed by atoms with E-state index in [1.165, 1.54) is 12.1 Å². The highest BCUT2D eigenvalue weighted by Gasteiger charge is 2.31. The van der Waals surface area contributed by atoms with Gasteiger partial charge in [0.05, 0.1) is 5.56 Å². The highest BCUT2D eigenvalue weighted by atomic mass is 32.2. The first-order chi connectivity index (χ1) is 8.17. The average Bonchev–Trinajstić information content (AvgIpc) is 2.50. The lowest BCUT2D eigenvalue weighted by Crippen LogP contribution is -2.29. The Morgan fingerprint density at radius 2 is 1.78 bits per heavy atom. The molecule has 100 valence electrons. The van der Waals surface area contributed by atoms with E-state index in [0.717, 1.165) is 4.83 Å². The summed E-state index contributed by atoms with van der Waals surface area (Å²) in [4.78, 5) is 12.2. The first-order valence-electron chi connectivity index (χ1n) is 4.28. The van der Waals surface area contributed by atoms with Crippen LogP contribution in [-0.2, 0) is 20.3 Å². The first-order valence-corrected chi connectivity index (χ1v) is 7.20. The monoisotopic (exact) mass is 295 g/mol. The van der Waals surface area contributed by atoms with Gasteiger partial charge in [0, 0.05) is 0 Å². The Morgan fingerprint density at radius 1 is 1.28 bits per heavy atom. The minimum absolute atomic E-state index is 0.0648. The summed E-state index contributed by atoms with van der Waals surface area (Å²) in [5, 5.41) is 0. The molecule has 9 nitrogen and oxygen atoms in total. The number of fused-ring (bicyclic) bond motifs is 1.